The summed E-state index contributed by atoms with van der Waals surface area (Å²) in [5.41, 5.74) is 1.38. The fourth-order valence-corrected chi connectivity index (χ4v) is 3.77. The second-order valence-corrected chi connectivity index (χ2v) is 7.51. The molecule has 1 atom stereocenters. The lowest BCUT2D eigenvalue weighted by Gasteiger charge is -2.31. The molecule has 1 aliphatic rings. The van der Waals surface area contributed by atoms with Gasteiger partial charge in [0.25, 0.3) is 11.8 Å². The molecule has 4 rings (SSSR count). The number of aromatic nitrogens is 4. The van der Waals surface area contributed by atoms with Crippen LogP contribution in [0.2, 0.25) is 0 Å². The van der Waals surface area contributed by atoms with E-state index in [0.29, 0.717) is 24.3 Å². The highest BCUT2D eigenvalue weighted by atomic mass is 19.4. The van der Waals surface area contributed by atoms with E-state index in [1.54, 1.807) is 16.5 Å². The number of hydrogen-bond acceptors (Lipinski definition) is 6. The smallest absolute Gasteiger partial charge is 0.365 e. The Labute approximate surface area is 182 Å². The van der Waals surface area contributed by atoms with Crippen LogP contribution in [0.4, 0.5) is 13.2 Å². The van der Waals surface area contributed by atoms with E-state index in [2.05, 4.69) is 15.2 Å². The molecule has 1 fully saturated rings. The number of hydrogen-bond donors (Lipinski definition) is 0. The van der Waals surface area contributed by atoms with Crippen molar-refractivity contribution in [3.05, 3.63) is 52.7 Å². The van der Waals surface area contributed by atoms with Gasteiger partial charge in [-0.15, -0.1) is 0 Å². The molecule has 3 aromatic rings. The molecule has 11 heteroatoms. The van der Waals surface area contributed by atoms with Gasteiger partial charge in [0.15, 0.2) is 6.10 Å². The molecule has 0 bridgehead atoms. The first-order valence-electron chi connectivity index (χ1n) is 10.1. The molecule has 1 aromatic carbocycles. The maximum Gasteiger partial charge on any atom is 0.416 e. The monoisotopic (exact) mass is 449 g/mol. The number of halogens is 3. The molecule has 0 saturated carbocycles. The Kier molecular flexibility index (Phi) is 5.76. The van der Waals surface area contributed by atoms with Crippen molar-refractivity contribution >= 4 is 5.91 Å². The van der Waals surface area contributed by atoms with Gasteiger partial charge in [0, 0.05) is 24.3 Å². The Morgan fingerprint density at radius 2 is 2.06 bits per heavy atom. The second-order valence-electron chi connectivity index (χ2n) is 7.51. The fraction of sp³-hybridized carbons (Fsp3) is 0.429. The predicted octanol–water partition coefficient (Wildman–Crippen LogP) is 3.80. The van der Waals surface area contributed by atoms with E-state index in [1.165, 1.54) is 12.1 Å². The van der Waals surface area contributed by atoms with Gasteiger partial charge in [-0.05, 0) is 32.9 Å². The third-order valence-corrected chi connectivity index (χ3v) is 5.41. The average molecular weight is 449 g/mol. The maximum atomic E-state index is 13.1. The minimum atomic E-state index is -4.47. The third-order valence-electron chi connectivity index (χ3n) is 5.41. The summed E-state index contributed by atoms with van der Waals surface area (Å²) in [6, 6.07) is 4.69. The highest BCUT2D eigenvalue weighted by Gasteiger charge is 2.33. The first-order valence-corrected chi connectivity index (χ1v) is 10.1. The normalized spacial score (nSPS) is 17.1. The summed E-state index contributed by atoms with van der Waals surface area (Å²) in [6.45, 7) is 7.09. The Morgan fingerprint density at radius 1 is 1.28 bits per heavy atom. The molecular weight excluding hydrogens is 427 g/mol. The second kappa shape index (κ2) is 8.38. The number of rotatable bonds is 4. The molecule has 32 heavy (non-hydrogen) atoms. The van der Waals surface area contributed by atoms with Gasteiger partial charge in [0.05, 0.1) is 30.0 Å². The minimum Gasteiger partial charge on any atom is -0.365 e. The highest BCUT2D eigenvalue weighted by molar-refractivity contribution is 5.96. The van der Waals surface area contributed by atoms with E-state index in [-0.39, 0.29) is 36.3 Å². The molecule has 1 aliphatic heterocycles. The molecule has 0 N–H and O–H groups in total. The van der Waals surface area contributed by atoms with E-state index in [4.69, 9.17) is 9.26 Å². The van der Waals surface area contributed by atoms with Crippen molar-refractivity contribution < 1.29 is 27.2 Å². The molecule has 1 amide bonds. The summed E-state index contributed by atoms with van der Waals surface area (Å²) in [5, 5.41) is 8.21. The van der Waals surface area contributed by atoms with Crippen molar-refractivity contribution in [1.82, 2.24) is 24.8 Å². The lowest BCUT2D eigenvalue weighted by Crippen LogP contribution is -2.42. The van der Waals surface area contributed by atoms with Crippen molar-refractivity contribution in [2.45, 2.75) is 39.6 Å². The van der Waals surface area contributed by atoms with Gasteiger partial charge >= 0.3 is 6.18 Å². The van der Waals surface area contributed by atoms with Crippen LogP contribution in [0.25, 0.3) is 11.4 Å². The Balaban J connectivity index is 1.53. The molecule has 8 nitrogen and oxygen atoms in total. The number of nitrogens with zero attached hydrogens (tertiary/aromatic N) is 5. The summed E-state index contributed by atoms with van der Waals surface area (Å²) in [6.07, 6.45) is -5.15. The van der Waals surface area contributed by atoms with Crippen LogP contribution in [-0.4, -0.2) is 50.4 Å². The molecule has 0 spiro atoms. The van der Waals surface area contributed by atoms with Crippen molar-refractivity contribution in [3.63, 3.8) is 0 Å². The number of alkyl halides is 3. The molecule has 1 unspecified atom stereocenters. The Morgan fingerprint density at radius 3 is 2.75 bits per heavy atom. The van der Waals surface area contributed by atoms with Crippen LogP contribution in [-0.2, 0) is 17.5 Å². The van der Waals surface area contributed by atoms with Crippen LogP contribution >= 0.6 is 0 Å². The van der Waals surface area contributed by atoms with Gasteiger partial charge < -0.3 is 14.2 Å². The lowest BCUT2D eigenvalue weighted by molar-refractivity contribution is -0.137. The van der Waals surface area contributed by atoms with Gasteiger partial charge in [-0.3, -0.25) is 9.48 Å². The number of morpholine rings is 1. The van der Waals surface area contributed by atoms with Crippen LogP contribution in [0.1, 0.15) is 46.2 Å². The summed E-state index contributed by atoms with van der Waals surface area (Å²) in [7, 11) is 0. The van der Waals surface area contributed by atoms with E-state index < -0.39 is 17.8 Å². The number of carbonyl (C=O) groups excluding carboxylic acids is 1. The maximum absolute atomic E-state index is 13.1. The number of carbonyl (C=O) groups is 1. The van der Waals surface area contributed by atoms with Gasteiger partial charge in [-0.2, -0.15) is 23.3 Å². The van der Waals surface area contributed by atoms with Crippen LogP contribution in [0.5, 0.6) is 0 Å². The molecule has 2 aromatic heterocycles. The first kappa shape index (κ1) is 22.0. The molecule has 1 saturated heterocycles. The van der Waals surface area contributed by atoms with Crippen LogP contribution in [0.3, 0.4) is 0 Å². The van der Waals surface area contributed by atoms with Crippen molar-refractivity contribution in [1.29, 1.82) is 0 Å². The van der Waals surface area contributed by atoms with Crippen molar-refractivity contribution in [3.8, 4) is 11.4 Å². The number of aryl methyl sites for hydroxylation is 2. The Hall–Kier alpha value is -3.21. The topological polar surface area (TPSA) is 86.3 Å². The summed E-state index contributed by atoms with van der Waals surface area (Å²) >= 11 is 0. The van der Waals surface area contributed by atoms with Gasteiger partial charge in [-0.25, -0.2) is 0 Å². The largest absolute Gasteiger partial charge is 0.416 e. The number of ether oxygens (including phenoxy) is 1. The van der Waals surface area contributed by atoms with Crippen molar-refractivity contribution in [2.75, 3.05) is 19.7 Å². The average Bonchev–Trinajstić information content (AvgIpc) is 3.37. The van der Waals surface area contributed by atoms with Crippen LogP contribution in [0.15, 0.2) is 28.8 Å². The molecule has 170 valence electrons. The minimum absolute atomic E-state index is 0.0223. The van der Waals surface area contributed by atoms with Gasteiger partial charge in [0.1, 0.15) is 0 Å². The van der Waals surface area contributed by atoms with Gasteiger partial charge in [0.2, 0.25) is 5.82 Å². The molecule has 0 aliphatic carbocycles. The van der Waals surface area contributed by atoms with E-state index in [0.717, 1.165) is 17.8 Å². The lowest BCUT2D eigenvalue weighted by atomic mass is 10.1. The molecule has 0 radical (unpaired) electrons. The molecular formula is C21H22F3N5O3. The zero-order valence-corrected chi connectivity index (χ0v) is 17.8. The standard InChI is InChI=1S/C21H22F3N5O3/c1-4-29-13(3)17(12(2)26-29)20(30)28-8-9-31-16(11-28)19-25-18(27-32-19)14-6-5-7-15(10-14)21(22,23)24/h5-7,10,16H,4,8-9,11H2,1-3H3. The van der Waals surface area contributed by atoms with Crippen LogP contribution in [0, 0.1) is 13.8 Å². The predicted molar refractivity (Wildman–Crippen MR) is 107 cm³/mol. The SMILES string of the molecule is CCn1nc(C)c(C(=O)N2CCOC(c3nc(-c4cccc(C(F)(F)F)c4)no3)C2)c1C. The summed E-state index contributed by atoms with van der Waals surface area (Å²) in [4.78, 5) is 19.0. The summed E-state index contributed by atoms with van der Waals surface area (Å²) < 4.78 is 51.7. The quantitative estimate of drug-likeness (QED) is 0.602. The fourth-order valence-electron chi connectivity index (χ4n) is 3.77. The first-order chi connectivity index (χ1) is 15.2. The van der Waals surface area contributed by atoms with E-state index in [9.17, 15) is 18.0 Å². The van der Waals surface area contributed by atoms with Gasteiger partial charge in [-0.1, -0.05) is 17.3 Å². The number of benzene rings is 1. The molecule has 3 heterocycles. The highest BCUT2D eigenvalue weighted by Crippen LogP contribution is 2.32. The van der Waals surface area contributed by atoms with E-state index >= 15 is 0 Å². The number of amides is 1. The Bertz CT molecular complexity index is 1140. The zero-order chi connectivity index (χ0) is 23.0. The van der Waals surface area contributed by atoms with Crippen molar-refractivity contribution in [2.24, 2.45) is 0 Å². The van der Waals surface area contributed by atoms with Crippen LogP contribution < -0.4 is 0 Å². The zero-order valence-electron chi connectivity index (χ0n) is 17.8. The summed E-state index contributed by atoms with van der Waals surface area (Å²) in [5.74, 6) is -0.0349. The van der Waals surface area contributed by atoms with E-state index in [1.807, 2.05) is 13.8 Å². The third kappa shape index (κ3) is 4.12.